The molecular formula is C10H20N4O. The SMILES string of the molecule is CCCC(C)(C)Nc1nnc(CCN)o1. The summed E-state index contributed by atoms with van der Waals surface area (Å²) >= 11 is 0. The van der Waals surface area contributed by atoms with Crippen LogP contribution < -0.4 is 11.1 Å². The topological polar surface area (TPSA) is 77.0 Å². The van der Waals surface area contributed by atoms with Crippen molar-refractivity contribution in [1.29, 1.82) is 0 Å². The van der Waals surface area contributed by atoms with Gasteiger partial charge in [-0.15, -0.1) is 5.10 Å². The second kappa shape index (κ2) is 5.11. The Labute approximate surface area is 90.4 Å². The number of nitrogens with two attached hydrogens (primary N) is 1. The van der Waals surface area contributed by atoms with E-state index in [4.69, 9.17) is 10.2 Å². The summed E-state index contributed by atoms with van der Waals surface area (Å²) in [6.45, 7) is 6.91. The van der Waals surface area contributed by atoms with Gasteiger partial charge in [-0.2, -0.15) is 0 Å². The maximum atomic E-state index is 5.40. The smallest absolute Gasteiger partial charge is 0.315 e. The van der Waals surface area contributed by atoms with E-state index in [1.165, 1.54) is 0 Å². The van der Waals surface area contributed by atoms with Gasteiger partial charge in [0.15, 0.2) is 0 Å². The molecule has 0 saturated heterocycles. The fourth-order valence-corrected chi connectivity index (χ4v) is 1.51. The van der Waals surface area contributed by atoms with Gasteiger partial charge in [-0.05, 0) is 20.3 Å². The van der Waals surface area contributed by atoms with Crippen LogP contribution in [-0.2, 0) is 6.42 Å². The molecule has 1 rings (SSSR count). The Balaban J connectivity index is 2.56. The van der Waals surface area contributed by atoms with Gasteiger partial charge in [0.05, 0.1) is 0 Å². The minimum atomic E-state index is -0.0126. The van der Waals surface area contributed by atoms with E-state index in [0.717, 1.165) is 12.8 Å². The molecule has 0 aliphatic rings. The van der Waals surface area contributed by atoms with Crippen LogP contribution in [0.5, 0.6) is 0 Å². The highest BCUT2D eigenvalue weighted by Crippen LogP contribution is 2.18. The molecule has 0 amide bonds. The largest absolute Gasteiger partial charge is 0.408 e. The van der Waals surface area contributed by atoms with Gasteiger partial charge in [-0.25, -0.2) is 0 Å². The lowest BCUT2D eigenvalue weighted by Crippen LogP contribution is -2.30. The van der Waals surface area contributed by atoms with Crippen molar-refractivity contribution in [3.05, 3.63) is 5.89 Å². The molecule has 1 heterocycles. The second-order valence-corrected chi connectivity index (χ2v) is 4.30. The van der Waals surface area contributed by atoms with E-state index in [9.17, 15) is 0 Å². The average Bonchev–Trinajstić information content (AvgIpc) is 2.52. The highest BCUT2D eigenvalue weighted by molar-refractivity contribution is 5.22. The predicted molar refractivity (Wildman–Crippen MR) is 59.7 cm³/mol. The lowest BCUT2D eigenvalue weighted by molar-refractivity contribution is 0.457. The lowest BCUT2D eigenvalue weighted by atomic mass is 9.99. The van der Waals surface area contributed by atoms with Gasteiger partial charge in [0.1, 0.15) is 0 Å². The summed E-state index contributed by atoms with van der Waals surface area (Å²) in [4.78, 5) is 0. The summed E-state index contributed by atoms with van der Waals surface area (Å²) < 4.78 is 5.39. The van der Waals surface area contributed by atoms with E-state index >= 15 is 0 Å². The van der Waals surface area contributed by atoms with Crippen molar-refractivity contribution < 1.29 is 4.42 Å². The Morgan fingerprint density at radius 3 is 2.73 bits per heavy atom. The zero-order chi connectivity index (χ0) is 11.3. The highest BCUT2D eigenvalue weighted by atomic mass is 16.4. The van der Waals surface area contributed by atoms with Crippen LogP contribution in [0.3, 0.4) is 0 Å². The quantitative estimate of drug-likeness (QED) is 0.748. The molecule has 1 aromatic heterocycles. The molecule has 15 heavy (non-hydrogen) atoms. The van der Waals surface area contributed by atoms with Gasteiger partial charge in [-0.1, -0.05) is 18.4 Å². The third-order valence-corrected chi connectivity index (χ3v) is 2.15. The molecule has 0 bridgehead atoms. The molecule has 0 aliphatic carbocycles. The molecule has 5 heteroatoms. The number of hydrogen-bond donors (Lipinski definition) is 2. The Kier molecular flexibility index (Phi) is 4.08. The molecule has 0 atom stereocenters. The first-order chi connectivity index (χ1) is 7.07. The van der Waals surface area contributed by atoms with E-state index in [0.29, 0.717) is 24.9 Å². The molecular weight excluding hydrogens is 192 g/mol. The van der Waals surface area contributed by atoms with E-state index in [1.54, 1.807) is 0 Å². The maximum Gasteiger partial charge on any atom is 0.315 e. The minimum absolute atomic E-state index is 0.0126. The van der Waals surface area contributed by atoms with Gasteiger partial charge in [-0.3, -0.25) is 0 Å². The number of rotatable bonds is 6. The van der Waals surface area contributed by atoms with Crippen molar-refractivity contribution in [3.63, 3.8) is 0 Å². The molecule has 1 aromatic rings. The van der Waals surface area contributed by atoms with Crippen LogP contribution in [0.15, 0.2) is 4.42 Å². The van der Waals surface area contributed by atoms with Crippen LogP contribution in [0.1, 0.15) is 39.5 Å². The van der Waals surface area contributed by atoms with Crippen molar-refractivity contribution in [2.24, 2.45) is 5.73 Å². The van der Waals surface area contributed by atoms with Crippen molar-refractivity contribution in [3.8, 4) is 0 Å². The standard InChI is InChI=1S/C10H20N4O/c1-4-6-10(2,3)12-9-14-13-8(15-9)5-7-11/h4-7,11H2,1-3H3,(H,12,14). The minimum Gasteiger partial charge on any atom is -0.408 e. The highest BCUT2D eigenvalue weighted by Gasteiger charge is 2.19. The Hall–Kier alpha value is -1.10. The summed E-state index contributed by atoms with van der Waals surface area (Å²) in [6.07, 6.45) is 2.80. The first-order valence-corrected chi connectivity index (χ1v) is 5.38. The van der Waals surface area contributed by atoms with Crippen LogP contribution in [0.25, 0.3) is 0 Å². The van der Waals surface area contributed by atoms with Crippen molar-refractivity contribution in [1.82, 2.24) is 10.2 Å². The van der Waals surface area contributed by atoms with Crippen LogP contribution in [0, 0.1) is 0 Å². The third kappa shape index (κ3) is 3.87. The Morgan fingerprint density at radius 1 is 1.40 bits per heavy atom. The fourth-order valence-electron chi connectivity index (χ4n) is 1.51. The van der Waals surface area contributed by atoms with E-state index in [1.807, 2.05) is 0 Å². The van der Waals surface area contributed by atoms with Gasteiger partial charge >= 0.3 is 6.01 Å². The monoisotopic (exact) mass is 212 g/mol. The molecule has 86 valence electrons. The molecule has 0 spiro atoms. The zero-order valence-corrected chi connectivity index (χ0v) is 9.71. The van der Waals surface area contributed by atoms with Crippen molar-refractivity contribution in [2.75, 3.05) is 11.9 Å². The summed E-state index contributed by atoms with van der Waals surface area (Å²) in [7, 11) is 0. The van der Waals surface area contributed by atoms with Gasteiger partial charge in [0.25, 0.3) is 0 Å². The molecule has 0 aliphatic heterocycles. The average molecular weight is 212 g/mol. The summed E-state index contributed by atoms with van der Waals surface area (Å²) in [5, 5.41) is 11.0. The van der Waals surface area contributed by atoms with Crippen LogP contribution >= 0.6 is 0 Å². The normalized spacial score (nSPS) is 11.7. The zero-order valence-electron chi connectivity index (χ0n) is 9.71. The van der Waals surface area contributed by atoms with Crippen LogP contribution in [0.2, 0.25) is 0 Å². The van der Waals surface area contributed by atoms with Crippen molar-refractivity contribution in [2.45, 2.75) is 45.6 Å². The summed E-state index contributed by atoms with van der Waals surface area (Å²) in [6, 6.07) is 0.483. The lowest BCUT2D eigenvalue weighted by Gasteiger charge is -2.23. The predicted octanol–water partition coefficient (Wildman–Crippen LogP) is 1.56. The molecule has 0 aromatic carbocycles. The Bertz CT molecular complexity index is 295. The maximum absolute atomic E-state index is 5.40. The molecule has 0 saturated carbocycles. The molecule has 0 fully saturated rings. The van der Waals surface area contributed by atoms with Gasteiger partial charge in [0, 0.05) is 18.5 Å². The fraction of sp³-hybridized carbons (Fsp3) is 0.800. The summed E-state index contributed by atoms with van der Waals surface area (Å²) in [5.74, 6) is 0.590. The third-order valence-electron chi connectivity index (χ3n) is 2.15. The van der Waals surface area contributed by atoms with Gasteiger partial charge < -0.3 is 15.5 Å². The van der Waals surface area contributed by atoms with Gasteiger partial charge in [0.2, 0.25) is 5.89 Å². The van der Waals surface area contributed by atoms with Crippen molar-refractivity contribution >= 4 is 6.01 Å². The van der Waals surface area contributed by atoms with E-state index < -0.39 is 0 Å². The van der Waals surface area contributed by atoms with Crippen LogP contribution in [-0.4, -0.2) is 22.3 Å². The first-order valence-electron chi connectivity index (χ1n) is 5.38. The van der Waals surface area contributed by atoms with E-state index in [-0.39, 0.29) is 5.54 Å². The molecule has 3 N–H and O–H groups in total. The number of anilines is 1. The number of hydrogen-bond acceptors (Lipinski definition) is 5. The molecule has 5 nitrogen and oxygen atoms in total. The van der Waals surface area contributed by atoms with E-state index in [2.05, 4.69) is 36.3 Å². The van der Waals surface area contributed by atoms with Crippen LogP contribution in [0.4, 0.5) is 6.01 Å². The Morgan fingerprint density at radius 2 is 2.13 bits per heavy atom. The number of nitrogens with zero attached hydrogens (tertiary/aromatic N) is 2. The first kappa shape index (κ1) is 12.0. The molecule has 0 radical (unpaired) electrons. The number of aromatic nitrogens is 2. The summed E-state index contributed by atoms with van der Waals surface area (Å²) in [5.41, 5.74) is 5.38. The second-order valence-electron chi connectivity index (χ2n) is 4.30. The molecule has 0 unspecified atom stereocenters. The number of nitrogens with one attached hydrogen (secondary N) is 1.